The Labute approximate surface area is 201 Å². The van der Waals surface area contributed by atoms with E-state index in [1.54, 1.807) is 24.9 Å². The summed E-state index contributed by atoms with van der Waals surface area (Å²) in [6.45, 7) is 8.52. The van der Waals surface area contributed by atoms with Gasteiger partial charge in [-0.15, -0.1) is 5.10 Å². The van der Waals surface area contributed by atoms with Crippen LogP contribution in [-0.2, 0) is 11.3 Å². The summed E-state index contributed by atoms with van der Waals surface area (Å²) >= 11 is 3.62. The van der Waals surface area contributed by atoms with Gasteiger partial charge >= 0.3 is 5.69 Å². The zero-order valence-corrected chi connectivity index (χ0v) is 20.9. The zero-order valence-electron chi connectivity index (χ0n) is 19.2. The fourth-order valence-electron chi connectivity index (χ4n) is 4.05. The van der Waals surface area contributed by atoms with E-state index in [9.17, 15) is 9.59 Å². The summed E-state index contributed by atoms with van der Waals surface area (Å²) in [6.07, 6.45) is 2.92. The number of rotatable bonds is 8. The molecule has 0 unspecified atom stereocenters. The van der Waals surface area contributed by atoms with Gasteiger partial charge in [0, 0.05) is 22.6 Å². The van der Waals surface area contributed by atoms with Gasteiger partial charge in [0.25, 0.3) is 5.56 Å². The molecule has 1 aromatic carbocycles. The molecule has 10 heteroatoms. The van der Waals surface area contributed by atoms with E-state index in [1.807, 2.05) is 34.8 Å². The van der Waals surface area contributed by atoms with Crippen LogP contribution >= 0.6 is 23.5 Å². The van der Waals surface area contributed by atoms with Crippen LogP contribution in [0, 0.1) is 13.8 Å². The van der Waals surface area contributed by atoms with E-state index in [2.05, 4.69) is 48.2 Å². The van der Waals surface area contributed by atoms with Gasteiger partial charge in [-0.2, -0.15) is 23.5 Å². The summed E-state index contributed by atoms with van der Waals surface area (Å²) in [5, 5.41) is 8.91. The van der Waals surface area contributed by atoms with E-state index in [0.29, 0.717) is 12.1 Å². The highest BCUT2D eigenvalue weighted by Gasteiger charge is 2.46. The van der Waals surface area contributed by atoms with Crippen LogP contribution in [0.25, 0.3) is 11.3 Å². The Hall–Kier alpha value is -2.30. The highest BCUT2D eigenvalue weighted by atomic mass is 32.2. The Morgan fingerprint density at radius 3 is 2.42 bits per heavy atom. The van der Waals surface area contributed by atoms with Crippen LogP contribution < -0.4 is 11.2 Å². The summed E-state index contributed by atoms with van der Waals surface area (Å²) in [5.41, 5.74) is 2.71. The Balaban J connectivity index is 1.62. The first kappa shape index (κ1) is 23.8. The third-order valence-electron chi connectivity index (χ3n) is 5.68. The molecule has 1 aliphatic rings. The quantitative estimate of drug-likeness (QED) is 0.521. The molecular formula is C23H29N5O3S2. The summed E-state index contributed by atoms with van der Waals surface area (Å²) in [7, 11) is 0. The van der Waals surface area contributed by atoms with E-state index in [0.717, 1.165) is 22.8 Å². The largest absolute Gasteiger partial charge is 0.350 e. The van der Waals surface area contributed by atoms with E-state index < -0.39 is 11.9 Å². The molecule has 33 heavy (non-hydrogen) atoms. The molecule has 4 atom stereocenters. The van der Waals surface area contributed by atoms with Crippen molar-refractivity contribution in [2.75, 3.05) is 11.5 Å². The second-order valence-corrected chi connectivity index (χ2v) is 11.0. The molecule has 4 rings (SSSR count). The van der Waals surface area contributed by atoms with E-state index >= 15 is 0 Å². The Bertz CT molecular complexity index is 1200. The van der Waals surface area contributed by atoms with Crippen molar-refractivity contribution < 1.29 is 4.74 Å². The number of nitrogens with zero attached hydrogens (tertiary/aromatic N) is 4. The highest BCUT2D eigenvalue weighted by molar-refractivity contribution is 8.03. The third kappa shape index (κ3) is 5.12. The number of H-pyrrole nitrogens is 1. The van der Waals surface area contributed by atoms with Crippen molar-refractivity contribution in [1.82, 2.24) is 24.5 Å². The second kappa shape index (κ2) is 10.3. The van der Waals surface area contributed by atoms with Gasteiger partial charge in [0.2, 0.25) is 0 Å². The Morgan fingerprint density at radius 2 is 1.73 bits per heavy atom. The average molecular weight is 488 g/mol. The number of benzene rings is 1. The number of hydrogen-bond acceptors (Lipinski definition) is 7. The Kier molecular flexibility index (Phi) is 7.45. The Morgan fingerprint density at radius 1 is 1.03 bits per heavy atom. The minimum atomic E-state index is -0.466. The van der Waals surface area contributed by atoms with Gasteiger partial charge in [-0.25, -0.2) is 9.48 Å². The van der Waals surface area contributed by atoms with Gasteiger partial charge in [-0.1, -0.05) is 48.9 Å². The lowest BCUT2D eigenvalue weighted by Crippen LogP contribution is -2.37. The van der Waals surface area contributed by atoms with Gasteiger partial charge < -0.3 is 4.74 Å². The van der Waals surface area contributed by atoms with Gasteiger partial charge in [0.05, 0.1) is 24.1 Å². The van der Waals surface area contributed by atoms with Gasteiger partial charge in [-0.05, 0) is 25.4 Å². The predicted molar refractivity (Wildman–Crippen MR) is 134 cm³/mol. The topological polar surface area (TPSA) is 94.8 Å². The van der Waals surface area contributed by atoms with Gasteiger partial charge in [0.15, 0.2) is 6.23 Å². The van der Waals surface area contributed by atoms with Crippen molar-refractivity contribution in [1.29, 1.82) is 0 Å². The van der Waals surface area contributed by atoms with Crippen LogP contribution in [0.1, 0.15) is 31.2 Å². The van der Waals surface area contributed by atoms with Crippen LogP contribution in [0.2, 0.25) is 0 Å². The first-order chi connectivity index (χ1) is 15.9. The number of aromatic amines is 1. The maximum Gasteiger partial charge on any atom is 0.330 e. The minimum absolute atomic E-state index is 0.0630. The summed E-state index contributed by atoms with van der Waals surface area (Å²) in [6, 6.07) is 8.20. The van der Waals surface area contributed by atoms with E-state index in [4.69, 9.17) is 4.74 Å². The predicted octanol–water partition coefficient (Wildman–Crippen LogP) is 3.25. The van der Waals surface area contributed by atoms with Gasteiger partial charge in [0.1, 0.15) is 5.69 Å². The molecule has 0 aliphatic carbocycles. The molecule has 1 saturated heterocycles. The van der Waals surface area contributed by atoms with Gasteiger partial charge in [-0.3, -0.25) is 14.3 Å². The molecule has 0 bridgehead atoms. The summed E-state index contributed by atoms with van der Waals surface area (Å²) in [5.74, 6) is 1.83. The normalized spacial score (nSPS) is 22.7. The molecule has 0 spiro atoms. The zero-order chi connectivity index (χ0) is 23.5. The first-order valence-corrected chi connectivity index (χ1v) is 13.2. The second-order valence-electron chi connectivity index (χ2n) is 8.08. The fraction of sp³-hybridized carbons (Fsp3) is 0.478. The average Bonchev–Trinajstić information content (AvgIpc) is 3.38. The van der Waals surface area contributed by atoms with Crippen LogP contribution in [0.15, 0.2) is 46.2 Å². The third-order valence-corrected chi connectivity index (χ3v) is 8.41. The van der Waals surface area contributed by atoms with E-state index in [1.165, 1.54) is 10.1 Å². The minimum Gasteiger partial charge on any atom is -0.350 e. The number of hydrogen-bond donors (Lipinski definition) is 1. The molecule has 1 N–H and O–H groups in total. The van der Waals surface area contributed by atoms with Crippen LogP contribution in [-0.4, -0.2) is 52.7 Å². The van der Waals surface area contributed by atoms with Crippen molar-refractivity contribution in [3.05, 3.63) is 68.6 Å². The molecule has 1 fully saturated rings. The van der Waals surface area contributed by atoms with Crippen molar-refractivity contribution in [3.8, 4) is 11.3 Å². The molecule has 1 aliphatic heterocycles. The van der Waals surface area contributed by atoms with Crippen LogP contribution in [0.3, 0.4) is 0 Å². The maximum absolute atomic E-state index is 12.6. The van der Waals surface area contributed by atoms with Crippen molar-refractivity contribution >= 4 is 23.5 Å². The molecule has 3 heterocycles. The fourth-order valence-corrected chi connectivity index (χ4v) is 6.70. The van der Waals surface area contributed by atoms with Crippen molar-refractivity contribution in [2.24, 2.45) is 0 Å². The van der Waals surface area contributed by atoms with Crippen molar-refractivity contribution in [2.45, 2.75) is 57.1 Å². The molecule has 2 aromatic heterocycles. The maximum atomic E-state index is 12.6. The summed E-state index contributed by atoms with van der Waals surface area (Å²) < 4.78 is 9.85. The number of nitrogens with one attached hydrogen (secondary N) is 1. The molecular weight excluding hydrogens is 458 g/mol. The lowest BCUT2D eigenvalue weighted by atomic mass is 10.1. The number of thioether (sulfide) groups is 2. The molecule has 176 valence electrons. The molecule has 0 amide bonds. The molecule has 0 saturated carbocycles. The highest BCUT2D eigenvalue weighted by Crippen LogP contribution is 2.43. The lowest BCUT2D eigenvalue weighted by molar-refractivity contribution is -0.00728. The van der Waals surface area contributed by atoms with Crippen LogP contribution in [0.5, 0.6) is 0 Å². The standard InChI is InChI=1S/C23H29N5O3S2/c1-5-32-19-18(13-27-12-17(25-26-27)16-9-7-14(3)8-10-16)31-22(20(19)33-6-2)28-11-15(4)21(29)24-23(28)30/h7-12,18-20,22H,5-6,13H2,1-4H3,(H,24,29,30)/t18-,19-,20-,22-/m1/s1. The van der Waals surface area contributed by atoms with E-state index in [-0.39, 0.29) is 22.2 Å². The summed E-state index contributed by atoms with van der Waals surface area (Å²) in [4.78, 5) is 26.9. The smallest absolute Gasteiger partial charge is 0.330 e. The number of aryl methyl sites for hydroxylation is 2. The monoisotopic (exact) mass is 487 g/mol. The lowest BCUT2D eigenvalue weighted by Gasteiger charge is -2.23. The van der Waals surface area contributed by atoms with Crippen molar-refractivity contribution in [3.63, 3.8) is 0 Å². The number of ether oxygens (including phenoxy) is 1. The number of aromatic nitrogens is 5. The molecule has 0 radical (unpaired) electrons. The molecule has 3 aromatic rings. The van der Waals surface area contributed by atoms with Crippen LogP contribution in [0.4, 0.5) is 0 Å². The SMILES string of the molecule is CCS[C@@H]1[C@H](SCC)[C@@H](Cn2cc(-c3ccc(C)cc3)nn2)O[C@H]1n1cc(C)c(=O)[nH]c1=O. The first-order valence-electron chi connectivity index (χ1n) is 11.1. The molecule has 8 nitrogen and oxygen atoms in total.